The summed E-state index contributed by atoms with van der Waals surface area (Å²) in [6, 6.07) is 5.13. The molecule has 1 heterocycles. The van der Waals surface area contributed by atoms with Crippen LogP contribution in [0, 0.1) is 5.82 Å². The minimum absolute atomic E-state index is 0.0987. The summed E-state index contributed by atoms with van der Waals surface area (Å²) in [6.07, 6.45) is 8.06. The largest absolute Gasteiger partial charge is 0.392 e. The summed E-state index contributed by atoms with van der Waals surface area (Å²) >= 11 is 0. The quantitative estimate of drug-likeness (QED) is 0.625. The predicted octanol–water partition coefficient (Wildman–Crippen LogP) is 3.95. The predicted molar refractivity (Wildman–Crippen MR) is 120 cm³/mol. The van der Waals surface area contributed by atoms with E-state index in [0.29, 0.717) is 24.0 Å². The lowest BCUT2D eigenvalue weighted by Crippen LogP contribution is -2.47. The van der Waals surface area contributed by atoms with Gasteiger partial charge >= 0.3 is 6.03 Å². The topological polar surface area (TPSA) is 67.8 Å². The number of benzene rings is 1. The Hall–Kier alpha value is -1.86. The molecular formula is C23H37FN4O2. The number of aliphatic hydroxyl groups is 1. The maximum Gasteiger partial charge on any atom is 0.319 e. The molecule has 2 fully saturated rings. The lowest BCUT2D eigenvalue weighted by Gasteiger charge is -2.33. The molecule has 0 unspecified atom stereocenters. The average molecular weight is 421 g/mol. The fourth-order valence-electron chi connectivity index (χ4n) is 4.58. The van der Waals surface area contributed by atoms with E-state index in [0.717, 1.165) is 45.2 Å². The van der Waals surface area contributed by atoms with Gasteiger partial charge in [-0.3, -0.25) is 0 Å². The molecule has 1 saturated heterocycles. The van der Waals surface area contributed by atoms with Crippen LogP contribution in [-0.2, 0) is 0 Å². The van der Waals surface area contributed by atoms with Crippen molar-refractivity contribution in [3.8, 4) is 0 Å². The van der Waals surface area contributed by atoms with E-state index >= 15 is 0 Å². The molecule has 2 amide bonds. The lowest BCUT2D eigenvalue weighted by molar-refractivity contribution is 0.0925. The Balaban J connectivity index is 1.47. The highest BCUT2D eigenvalue weighted by Crippen LogP contribution is 2.29. The number of hydrogen-bond donors (Lipinski definition) is 3. The molecule has 2 aliphatic rings. The van der Waals surface area contributed by atoms with E-state index in [1.807, 2.05) is 18.9 Å². The second-order valence-electron chi connectivity index (χ2n) is 8.80. The molecule has 0 spiro atoms. The van der Waals surface area contributed by atoms with Crippen LogP contribution in [0.1, 0.15) is 58.3 Å². The van der Waals surface area contributed by atoms with E-state index in [1.54, 1.807) is 12.1 Å². The zero-order valence-corrected chi connectivity index (χ0v) is 18.4. The summed E-state index contributed by atoms with van der Waals surface area (Å²) in [5.41, 5.74) is 1.06. The Morgan fingerprint density at radius 3 is 2.57 bits per heavy atom. The number of hydrogen-bond acceptors (Lipinski definition) is 4. The SMILES string of the molecule is CC[C@@H](O)CN1CCC(NC(=O)Nc2ccc(N(C)C3CCCCC3)c(F)c2)CC1. The van der Waals surface area contributed by atoms with Gasteiger partial charge in [-0.05, 0) is 50.3 Å². The van der Waals surface area contributed by atoms with Crippen LogP contribution in [0.2, 0.25) is 0 Å². The second kappa shape index (κ2) is 11.0. The first kappa shape index (κ1) is 22.8. The molecule has 0 radical (unpaired) electrons. The van der Waals surface area contributed by atoms with Crippen LogP contribution >= 0.6 is 0 Å². The van der Waals surface area contributed by atoms with Gasteiger partial charge in [-0.2, -0.15) is 0 Å². The zero-order chi connectivity index (χ0) is 21.5. The Morgan fingerprint density at radius 2 is 1.93 bits per heavy atom. The average Bonchev–Trinajstić information content (AvgIpc) is 2.75. The number of rotatable bonds is 7. The van der Waals surface area contributed by atoms with Crippen molar-refractivity contribution < 1.29 is 14.3 Å². The smallest absolute Gasteiger partial charge is 0.319 e. The molecule has 0 aromatic heterocycles. The van der Waals surface area contributed by atoms with Gasteiger partial charge in [-0.1, -0.05) is 26.2 Å². The standard InChI is InChI=1S/C23H37FN4O2/c1-3-20(29)16-28-13-11-17(12-14-28)25-23(30)26-18-9-10-22(21(24)15-18)27(2)19-7-5-4-6-8-19/h9-10,15,17,19-20,29H,3-8,11-14,16H2,1-2H3,(H2,25,26,30)/t20-/m1/s1. The Labute approximate surface area is 179 Å². The van der Waals surface area contributed by atoms with Crippen molar-refractivity contribution in [2.45, 2.75) is 76.5 Å². The normalized spacial score (nSPS) is 20.0. The molecule has 168 valence electrons. The van der Waals surface area contributed by atoms with Crippen LogP contribution in [-0.4, -0.2) is 60.9 Å². The minimum atomic E-state index is -0.302. The first-order valence-electron chi connectivity index (χ1n) is 11.5. The summed E-state index contributed by atoms with van der Waals surface area (Å²) in [6.45, 7) is 4.39. The van der Waals surface area contributed by atoms with Gasteiger partial charge in [0, 0.05) is 44.5 Å². The first-order valence-corrected chi connectivity index (χ1v) is 11.5. The van der Waals surface area contributed by atoms with Gasteiger partial charge in [-0.25, -0.2) is 9.18 Å². The number of halogens is 1. The monoisotopic (exact) mass is 420 g/mol. The molecule has 7 heteroatoms. The molecule has 30 heavy (non-hydrogen) atoms. The molecule has 1 aliphatic heterocycles. The fourth-order valence-corrected chi connectivity index (χ4v) is 4.58. The summed E-state index contributed by atoms with van der Waals surface area (Å²) in [5.74, 6) is -0.302. The number of nitrogens with zero attached hydrogens (tertiary/aromatic N) is 2. The molecule has 3 rings (SSSR count). The van der Waals surface area contributed by atoms with Crippen molar-refractivity contribution in [2.24, 2.45) is 0 Å². The number of aliphatic hydroxyl groups excluding tert-OH is 1. The third-order valence-electron chi connectivity index (χ3n) is 6.57. The van der Waals surface area contributed by atoms with Crippen LogP contribution in [0.3, 0.4) is 0 Å². The van der Waals surface area contributed by atoms with Crippen molar-refractivity contribution in [3.05, 3.63) is 24.0 Å². The molecule has 3 N–H and O–H groups in total. The number of carbonyl (C=O) groups is 1. The van der Waals surface area contributed by atoms with Gasteiger partial charge in [0.25, 0.3) is 0 Å². The number of β-amino-alcohol motifs (C(OH)–C–C–N with tert-alkyl or cyclic N) is 1. The van der Waals surface area contributed by atoms with E-state index in [-0.39, 0.29) is 24.0 Å². The minimum Gasteiger partial charge on any atom is -0.392 e. The van der Waals surface area contributed by atoms with Crippen LogP contribution in [0.4, 0.5) is 20.6 Å². The Morgan fingerprint density at radius 1 is 1.23 bits per heavy atom. The number of amides is 2. The second-order valence-corrected chi connectivity index (χ2v) is 8.80. The van der Waals surface area contributed by atoms with Gasteiger partial charge in [0.2, 0.25) is 0 Å². The zero-order valence-electron chi connectivity index (χ0n) is 18.4. The van der Waals surface area contributed by atoms with E-state index in [2.05, 4.69) is 15.5 Å². The molecule has 6 nitrogen and oxygen atoms in total. The van der Waals surface area contributed by atoms with Gasteiger partial charge in [0.05, 0.1) is 11.8 Å². The summed E-state index contributed by atoms with van der Waals surface area (Å²) < 4.78 is 14.7. The molecular weight excluding hydrogens is 383 g/mol. The molecule has 1 atom stereocenters. The number of likely N-dealkylation sites (tertiary alicyclic amines) is 1. The third kappa shape index (κ3) is 6.32. The Bertz CT molecular complexity index is 688. The summed E-state index contributed by atoms with van der Waals surface area (Å²) in [7, 11) is 1.96. The number of urea groups is 1. The fraction of sp³-hybridized carbons (Fsp3) is 0.696. The van der Waals surface area contributed by atoms with Crippen LogP contribution in [0.15, 0.2) is 18.2 Å². The van der Waals surface area contributed by atoms with Crippen LogP contribution in [0.5, 0.6) is 0 Å². The third-order valence-corrected chi connectivity index (χ3v) is 6.57. The highest BCUT2D eigenvalue weighted by atomic mass is 19.1. The summed E-state index contributed by atoms with van der Waals surface area (Å²) in [5, 5.41) is 15.5. The first-order chi connectivity index (χ1) is 14.5. The van der Waals surface area contributed by atoms with E-state index in [4.69, 9.17) is 0 Å². The van der Waals surface area contributed by atoms with Crippen molar-refractivity contribution >= 4 is 17.4 Å². The highest BCUT2D eigenvalue weighted by molar-refractivity contribution is 5.89. The molecule has 0 bridgehead atoms. The van der Waals surface area contributed by atoms with E-state index < -0.39 is 0 Å². The van der Waals surface area contributed by atoms with Crippen LogP contribution in [0.25, 0.3) is 0 Å². The number of anilines is 2. The van der Waals surface area contributed by atoms with Gasteiger partial charge in [0.1, 0.15) is 5.82 Å². The summed E-state index contributed by atoms with van der Waals surface area (Å²) in [4.78, 5) is 16.6. The maximum absolute atomic E-state index is 14.7. The number of carbonyl (C=O) groups excluding carboxylic acids is 1. The highest BCUT2D eigenvalue weighted by Gasteiger charge is 2.23. The van der Waals surface area contributed by atoms with Gasteiger partial charge in [0.15, 0.2) is 0 Å². The number of nitrogens with one attached hydrogen (secondary N) is 2. The maximum atomic E-state index is 14.7. The molecule has 1 aromatic carbocycles. The van der Waals surface area contributed by atoms with Gasteiger partial charge < -0.3 is 25.5 Å². The van der Waals surface area contributed by atoms with Gasteiger partial charge in [-0.15, -0.1) is 0 Å². The van der Waals surface area contributed by atoms with Crippen molar-refractivity contribution in [3.63, 3.8) is 0 Å². The lowest BCUT2D eigenvalue weighted by atomic mass is 9.94. The Kier molecular flexibility index (Phi) is 8.33. The van der Waals surface area contributed by atoms with Crippen molar-refractivity contribution in [2.75, 3.05) is 36.9 Å². The molecule has 1 saturated carbocycles. The number of piperidine rings is 1. The van der Waals surface area contributed by atoms with Crippen LogP contribution < -0.4 is 15.5 Å². The molecule has 1 aliphatic carbocycles. The van der Waals surface area contributed by atoms with E-state index in [1.165, 1.54) is 25.3 Å². The molecule has 1 aromatic rings. The van der Waals surface area contributed by atoms with Crippen molar-refractivity contribution in [1.29, 1.82) is 0 Å². The van der Waals surface area contributed by atoms with E-state index in [9.17, 15) is 14.3 Å². The van der Waals surface area contributed by atoms with Crippen molar-refractivity contribution in [1.82, 2.24) is 10.2 Å².